The molecular formula is C22H35N3O3. The predicted octanol–water partition coefficient (Wildman–Crippen LogP) is 1.64. The summed E-state index contributed by atoms with van der Waals surface area (Å²) in [6, 6.07) is 0. The second-order valence-corrected chi connectivity index (χ2v) is 10.2. The highest BCUT2D eigenvalue weighted by molar-refractivity contribution is 5.88. The fraction of sp³-hybridized carbons (Fsp3) is 0.909. The highest BCUT2D eigenvalue weighted by Gasteiger charge is 2.54. The topological polar surface area (TPSA) is 61.9 Å². The van der Waals surface area contributed by atoms with Gasteiger partial charge < -0.3 is 15.0 Å². The lowest BCUT2D eigenvalue weighted by molar-refractivity contribution is -0.148. The number of hydrogen-bond acceptors (Lipinski definition) is 4. The second kappa shape index (κ2) is 7.60. The summed E-state index contributed by atoms with van der Waals surface area (Å²) in [7, 11) is 0. The fourth-order valence-electron chi connectivity index (χ4n) is 7.10. The molecule has 6 heteroatoms. The van der Waals surface area contributed by atoms with Crippen molar-refractivity contribution >= 4 is 11.8 Å². The average molecular weight is 390 g/mol. The van der Waals surface area contributed by atoms with Crippen molar-refractivity contribution in [1.82, 2.24) is 15.1 Å². The minimum Gasteiger partial charge on any atom is -0.377 e. The zero-order chi connectivity index (χ0) is 19.1. The Balaban J connectivity index is 1.08. The first kappa shape index (κ1) is 18.9. The van der Waals surface area contributed by atoms with Crippen LogP contribution in [0.3, 0.4) is 0 Å². The number of carbonyl (C=O) groups is 2. The SMILES string of the molecule is O=C(CNC(=O)C12CC3CC(CC(C3)C1)C2)N1CCN(CC2CCCO2)CC1. The first-order valence-electron chi connectivity index (χ1n) is 11.5. The summed E-state index contributed by atoms with van der Waals surface area (Å²) >= 11 is 0. The summed E-state index contributed by atoms with van der Waals surface area (Å²) in [6.07, 6.45) is 9.89. The van der Waals surface area contributed by atoms with Crippen molar-refractivity contribution in [3.63, 3.8) is 0 Å². The van der Waals surface area contributed by atoms with Crippen LogP contribution < -0.4 is 5.32 Å². The summed E-state index contributed by atoms with van der Waals surface area (Å²) in [4.78, 5) is 30.0. The maximum Gasteiger partial charge on any atom is 0.242 e. The van der Waals surface area contributed by atoms with Gasteiger partial charge in [0.2, 0.25) is 11.8 Å². The molecule has 0 radical (unpaired) electrons. The minimum absolute atomic E-state index is 0.0786. The van der Waals surface area contributed by atoms with Crippen molar-refractivity contribution in [2.24, 2.45) is 23.2 Å². The molecule has 6 nitrogen and oxygen atoms in total. The number of piperazine rings is 1. The van der Waals surface area contributed by atoms with Crippen LogP contribution in [-0.2, 0) is 14.3 Å². The third-order valence-corrected chi connectivity index (χ3v) is 8.13. The van der Waals surface area contributed by atoms with Crippen molar-refractivity contribution in [3.05, 3.63) is 0 Å². The van der Waals surface area contributed by atoms with Gasteiger partial charge in [-0.1, -0.05) is 0 Å². The Labute approximate surface area is 168 Å². The number of carbonyl (C=O) groups excluding carboxylic acids is 2. The number of nitrogens with one attached hydrogen (secondary N) is 1. The molecule has 1 N–H and O–H groups in total. The van der Waals surface area contributed by atoms with Crippen LogP contribution >= 0.6 is 0 Å². The van der Waals surface area contributed by atoms with Crippen molar-refractivity contribution in [2.75, 3.05) is 45.9 Å². The van der Waals surface area contributed by atoms with Crippen LogP contribution in [0.15, 0.2) is 0 Å². The summed E-state index contributed by atoms with van der Waals surface area (Å²) in [5.41, 5.74) is -0.158. The second-order valence-electron chi connectivity index (χ2n) is 10.2. The quantitative estimate of drug-likeness (QED) is 0.777. The van der Waals surface area contributed by atoms with Gasteiger partial charge in [-0.05, 0) is 69.1 Å². The molecule has 6 fully saturated rings. The van der Waals surface area contributed by atoms with E-state index in [0.717, 1.165) is 82.8 Å². The number of rotatable bonds is 5. The summed E-state index contributed by atoms with van der Waals surface area (Å²) in [5, 5.41) is 3.04. The third-order valence-electron chi connectivity index (χ3n) is 8.13. The van der Waals surface area contributed by atoms with Crippen LogP contribution in [0.2, 0.25) is 0 Å². The smallest absolute Gasteiger partial charge is 0.242 e. The van der Waals surface area contributed by atoms with Gasteiger partial charge >= 0.3 is 0 Å². The van der Waals surface area contributed by atoms with Crippen LogP contribution in [0.4, 0.5) is 0 Å². The van der Waals surface area contributed by atoms with Gasteiger partial charge in [-0.3, -0.25) is 14.5 Å². The maximum atomic E-state index is 13.0. The van der Waals surface area contributed by atoms with E-state index in [2.05, 4.69) is 10.2 Å². The van der Waals surface area contributed by atoms with E-state index in [1.165, 1.54) is 25.7 Å². The number of amides is 2. The van der Waals surface area contributed by atoms with Gasteiger partial charge in [0.15, 0.2) is 0 Å². The lowest BCUT2D eigenvalue weighted by Crippen LogP contribution is -2.56. The molecular weight excluding hydrogens is 354 g/mol. The largest absolute Gasteiger partial charge is 0.377 e. The van der Waals surface area contributed by atoms with Crippen LogP contribution in [0, 0.1) is 23.2 Å². The van der Waals surface area contributed by atoms with Gasteiger partial charge in [0, 0.05) is 44.7 Å². The van der Waals surface area contributed by atoms with E-state index in [-0.39, 0.29) is 23.8 Å². The number of nitrogens with zero attached hydrogens (tertiary/aromatic N) is 2. The minimum atomic E-state index is -0.158. The van der Waals surface area contributed by atoms with Gasteiger partial charge in [-0.15, -0.1) is 0 Å². The first-order chi connectivity index (χ1) is 13.6. The summed E-state index contributed by atoms with van der Waals surface area (Å²) in [5.74, 6) is 2.51. The van der Waals surface area contributed by atoms with Gasteiger partial charge in [-0.25, -0.2) is 0 Å². The standard InChI is InChI=1S/C22H35N3O3/c26-20(25-5-3-24(4-6-25)15-19-2-1-7-28-19)14-23-21(27)22-11-16-8-17(12-22)10-18(9-16)13-22/h16-19H,1-15H2,(H,23,27). The van der Waals surface area contributed by atoms with E-state index in [9.17, 15) is 9.59 Å². The Hall–Kier alpha value is -1.14. The zero-order valence-electron chi connectivity index (χ0n) is 17.0. The van der Waals surface area contributed by atoms with Crippen molar-refractivity contribution in [1.29, 1.82) is 0 Å². The van der Waals surface area contributed by atoms with Gasteiger partial charge in [0.1, 0.15) is 0 Å². The van der Waals surface area contributed by atoms with Crippen LogP contribution in [0.5, 0.6) is 0 Å². The van der Waals surface area contributed by atoms with Gasteiger partial charge in [0.05, 0.1) is 12.6 Å². The molecule has 1 atom stereocenters. The molecule has 2 saturated heterocycles. The van der Waals surface area contributed by atoms with Gasteiger partial charge in [0.25, 0.3) is 0 Å². The van der Waals surface area contributed by atoms with E-state index in [4.69, 9.17) is 4.74 Å². The monoisotopic (exact) mass is 389 g/mol. The molecule has 2 amide bonds. The summed E-state index contributed by atoms with van der Waals surface area (Å²) in [6.45, 7) is 5.41. The molecule has 156 valence electrons. The fourth-order valence-corrected chi connectivity index (χ4v) is 7.10. The maximum absolute atomic E-state index is 13.0. The molecule has 4 aliphatic carbocycles. The van der Waals surface area contributed by atoms with E-state index >= 15 is 0 Å². The molecule has 4 saturated carbocycles. The van der Waals surface area contributed by atoms with E-state index in [0.29, 0.717) is 6.10 Å². The molecule has 1 unspecified atom stereocenters. The first-order valence-corrected chi connectivity index (χ1v) is 11.5. The van der Waals surface area contributed by atoms with Crippen LogP contribution in [-0.4, -0.2) is 73.6 Å². The summed E-state index contributed by atoms with van der Waals surface area (Å²) < 4.78 is 5.73. The highest BCUT2D eigenvalue weighted by Crippen LogP contribution is 2.60. The van der Waals surface area contributed by atoms with Crippen LogP contribution in [0.25, 0.3) is 0 Å². The molecule has 2 heterocycles. The lowest BCUT2D eigenvalue weighted by atomic mass is 9.49. The molecule has 4 bridgehead atoms. The Kier molecular flexibility index (Phi) is 5.12. The lowest BCUT2D eigenvalue weighted by Gasteiger charge is -2.55. The molecule has 6 aliphatic rings. The molecule has 0 aromatic heterocycles. The van der Waals surface area contributed by atoms with E-state index in [1.807, 2.05) is 4.90 Å². The number of hydrogen-bond donors (Lipinski definition) is 1. The Morgan fingerprint density at radius 2 is 1.61 bits per heavy atom. The third kappa shape index (κ3) is 3.70. The normalized spacial score (nSPS) is 40.1. The molecule has 6 rings (SSSR count). The Morgan fingerprint density at radius 1 is 0.964 bits per heavy atom. The highest BCUT2D eigenvalue weighted by atomic mass is 16.5. The van der Waals surface area contributed by atoms with Crippen molar-refractivity contribution in [3.8, 4) is 0 Å². The van der Waals surface area contributed by atoms with Crippen molar-refractivity contribution in [2.45, 2.75) is 57.5 Å². The Bertz CT molecular complexity index is 573. The predicted molar refractivity (Wildman–Crippen MR) is 106 cm³/mol. The zero-order valence-corrected chi connectivity index (χ0v) is 17.0. The molecule has 0 spiro atoms. The number of ether oxygens (including phenoxy) is 1. The molecule has 2 aliphatic heterocycles. The van der Waals surface area contributed by atoms with Gasteiger partial charge in [-0.2, -0.15) is 0 Å². The molecule has 28 heavy (non-hydrogen) atoms. The van der Waals surface area contributed by atoms with E-state index in [1.54, 1.807) is 0 Å². The Morgan fingerprint density at radius 3 is 2.18 bits per heavy atom. The van der Waals surface area contributed by atoms with Crippen LogP contribution in [0.1, 0.15) is 51.4 Å². The molecule has 0 aromatic rings. The van der Waals surface area contributed by atoms with E-state index < -0.39 is 0 Å². The van der Waals surface area contributed by atoms with Crippen molar-refractivity contribution < 1.29 is 14.3 Å². The average Bonchev–Trinajstić information content (AvgIpc) is 3.18. The molecule has 0 aromatic carbocycles.